The summed E-state index contributed by atoms with van der Waals surface area (Å²) in [7, 11) is 0. The first-order chi connectivity index (χ1) is 4.79. The molecule has 0 aromatic heterocycles. The monoisotopic (exact) mass is 138 g/mol. The maximum absolute atomic E-state index is 11.3. The molecule has 0 unspecified atom stereocenters. The van der Waals surface area contributed by atoms with Crippen LogP contribution >= 0.6 is 0 Å². The molecule has 0 bridgehead atoms. The molecule has 1 heteroatoms. The van der Waals surface area contributed by atoms with E-state index in [-0.39, 0.29) is 0 Å². The highest BCUT2D eigenvalue weighted by Gasteiger charge is 2.30. The topological polar surface area (TPSA) is 17.1 Å². The van der Waals surface area contributed by atoms with Crippen LogP contribution in [0.4, 0.5) is 0 Å². The van der Waals surface area contributed by atoms with Crippen molar-refractivity contribution in [3.63, 3.8) is 0 Å². The zero-order chi connectivity index (χ0) is 7.56. The van der Waals surface area contributed by atoms with Crippen LogP contribution in [0.2, 0.25) is 0 Å². The van der Waals surface area contributed by atoms with Gasteiger partial charge in [0.15, 0.2) is 5.78 Å². The quantitative estimate of drug-likeness (QED) is 0.547. The third-order valence-electron chi connectivity index (χ3n) is 1.99. The molecule has 0 N–H and O–H groups in total. The molecule has 1 nitrogen and oxygen atoms in total. The van der Waals surface area contributed by atoms with Crippen molar-refractivity contribution in [2.75, 3.05) is 0 Å². The Kier molecular flexibility index (Phi) is 2.25. The van der Waals surface area contributed by atoms with Gasteiger partial charge in [0.2, 0.25) is 0 Å². The van der Waals surface area contributed by atoms with E-state index >= 15 is 0 Å². The highest BCUT2D eigenvalue weighted by atomic mass is 16.1. The van der Waals surface area contributed by atoms with Gasteiger partial charge >= 0.3 is 0 Å². The summed E-state index contributed by atoms with van der Waals surface area (Å²) in [6, 6.07) is 0. The Labute approximate surface area is 62.1 Å². The summed E-state index contributed by atoms with van der Waals surface area (Å²) >= 11 is 0. The normalized spacial score (nSPS) is 19.2. The van der Waals surface area contributed by atoms with Gasteiger partial charge in [0.25, 0.3) is 0 Å². The molecule has 0 aromatic carbocycles. The number of rotatable bonds is 3. The molecule has 1 saturated carbocycles. The predicted molar refractivity (Wildman–Crippen MR) is 41.8 cm³/mol. The third kappa shape index (κ3) is 1.47. The van der Waals surface area contributed by atoms with E-state index in [9.17, 15) is 4.79 Å². The van der Waals surface area contributed by atoms with E-state index in [0.717, 1.165) is 24.8 Å². The van der Waals surface area contributed by atoms with Crippen molar-refractivity contribution in [2.45, 2.75) is 33.1 Å². The number of carbonyl (C=O) groups excluding carboxylic acids is 1. The predicted octanol–water partition coefficient (Wildman–Crippen LogP) is 2.32. The molecule has 0 spiro atoms. The summed E-state index contributed by atoms with van der Waals surface area (Å²) in [5.74, 6) is 0.788. The van der Waals surface area contributed by atoms with Gasteiger partial charge in [-0.15, -0.1) is 0 Å². The molecule has 0 amide bonds. The third-order valence-corrected chi connectivity index (χ3v) is 1.99. The maximum atomic E-state index is 11.3. The van der Waals surface area contributed by atoms with Crippen molar-refractivity contribution in [1.29, 1.82) is 0 Å². The lowest BCUT2D eigenvalue weighted by atomic mass is 10.1. The minimum absolute atomic E-state index is 0.394. The van der Waals surface area contributed by atoms with Crippen LogP contribution in [0, 0.1) is 5.92 Å². The van der Waals surface area contributed by atoms with E-state index in [4.69, 9.17) is 0 Å². The molecule has 1 rings (SSSR count). The van der Waals surface area contributed by atoms with E-state index in [0.29, 0.717) is 11.7 Å². The van der Waals surface area contributed by atoms with E-state index in [1.165, 1.54) is 0 Å². The van der Waals surface area contributed by atoms with Crippen LogP contribution in [0.25, 0.3) is 0 Å². The lowest BCUT2D eigenvalue weighted by molar-refractivity contribution is -0.116. The Morgan fingerprint density at radius 3 is 2.50 bits per heavy atom. The molecule has 0 saturated heterocycles. The minimum Gasteiger partial charge on any atom is -0.294 e. The van der Waals surface area contributed by atoms with Crippen molar-refractivity contribution >= 4 is 5.78 Å². The van der Waals surface area contributed by atoms with Crippen LogP contribution in [0.5, 0.6) is 0 Å². The second kappa shape index (κ2) is 3.00. The first-order valence-corrected chi connectivity index (χ1v) is 3.99. The second-order valence-electron chi connectivity index (χ2n) is 2.81. The fourth-order valence-corrected chi connectivity index (χ4v) is 1.13. The number of allylic oxidation sites excluding steroid dienone is 2. The molecule has 10 heavy (non-hydrogen) atoms. The van der Waals surface area contributed by atoms with Crippen LogP contribution in [0.1, 0.15) is 33.1 Å². The summed E-state index contributed by atoms with van der Waals surface area (Å²) in [6.07, 6.45) is 5.08. The van der Waals surface area contributed by atoms with Crippen molar-refractivity contribution in [3.8, 4) is 0 Å². The van der Waals surface area contributed by atoms with Crippen LogP contribution < -0.4 is 0 Å². The first kappa shape index (κ1) is 7.52. The summed E-state index contributed by atoms with van der Waals surface area (Å²) in [5, 5.41) is 0. The first-order valence-electron chi connectivity index (χ1n) is 3.99. The Bertz CT molecular complexity index is 164. The average molecular weight is 138 g/mol. The highest BCUT2D eigenvalue weighted by molar-refractivity contribution is 5.98. The molecule has 0 atom stereocenters. The summed E-state index contributed by atoms with van der Waals surface area (Å²) in [4.78, 5) is 11.3. The smallest absolute Gasteiger partial charge is 0.161 e. The van der Waals surface area contributed by atoms with Crippen LogP contribution in [0.15, 0.2) is 11.6 Å². The van der Waals surface area contributed by atoms with Gasteiger partial charge in [-0.05, 0) is 31.8 Å². The van der Waals surface area contributed by atoms with E-state index in [1.807, 2.05) is 19.9 Å². The standard InChI is InChI=1S/C9H14O/c1-3-7(4-2)9(10)8-5-6-8/h3,8H,4-6H2,1-2H3. The molecular formula is C9H14O. The van der Waals surface area contributed by atoms with Crippen molar-refractivity contribution in [2.24, 2.45) is 5.92 Å². The van der Waals surface area contributed by atoms with Gasteiger partial charge in [0, 0.05) is 5.92 Å². The Morgan fingerprint density at radius 2 is 2.20 bits per heavy atom. The molecule has 1 aliphatic carbocycles. The Balaban J connectivity index is 2.52. The molecule has 0 heterocycles. The summed E-state index contributed by atoms with van der Waals surface area (Å²) < 4.78 is 0. The van der Waals surface area contributed by atoms with E-state index < -0.39 is 0 Å². The largest absolute Gasteiger partial charge is 0.294 e. The zero-order valence-corrected chi connectivity index (χ0v) is 6.68. The van der Waals surface area contributed by atoms with Gasteiger partial charge in [0.1, 0.15) is 0 Å². The summed E-state index contributed by atoms with van der Waals surface area (Å²) in [6.45, 7) is 3.98. The lowest BCUT2D eigenvalue weighted by Gasteiger charge is -1.98. The van der Waals surface area contributed by atoms with Crippen LogP contribution in [-0.4, -0.2) is 5.78 Å². The Hall–Kier alpha value is -0.590. The van der Waals surface area contributed by atoms with Gasteiger partial charge in [-0.25, -0.2) is 0 Å². The SMILES string of the molecule is CC=C(CC)C(=O)C1CC1. The van der Waals surface area contributed by atoms with E-state index in [1.54, 1.807) is 0 Å². The maximum Gasteiger partial charge on any atom is 0.161 e. The lowest BCUT2D eigenvalue weighted by Crippen LogP contribution is -2.03. The van der Waals surface area contributed by atoms with Gasteiger partial charge < -0.3 is 0 Å². The highest BCUT2D eigenvalue weighted by Crippen LogP contribution is 2.32. The number of carbonyl (C=O) groups is 1. The second-order valence-corrected chi connectivity index (χ2v) is 2.81. The number of Topliss-reactive ketones (excluding diaryl/α,β-unsaturated/α-hetero) is 1. The van der Waals surface area contributed by atoms with E-state index in [2.05, 4.69) is 0 Å². The minimum atomic E-state index is 0.394. The van der Waals surface area contributed by atoms with Gasteiger partial charge in [-0.3, -0.25) is 4.79 Å². The molecule has 0 aromatic rings. The van der Waals surface area contributed by atoms with Crippen molar-refractivity contribution in [3.05, 3.63) is 11.6 Å². The fourth-order valence-electron chi connectivity index (χ4n) is 1.13. The van der Waals surface area contributed by atoms with Gasteiger partial charge in [0.05, 0.1) is 0 Å². The van der Waals surface area contributed by atoms with Crippen LogP contribution in [0.3, 0.4) is 0 Å². The summed E-state index contributed by atoms with van der Waals surface area (Å²) in [5.41, 5.74) is 1.02. The van der Waals surface area contributed by atoms with Gasteiger partial charge in [-0.1, -0.05) is 13.0 Å². The Morgan fingerprint density at radius 1 is 1.60 bits per heavy atom. The average Bonchev–Trinajstić information content (AvgIpc) is 2.71. The number of ketones is 1. The fraction of sp³-hybridized carbons (Fsp3) is 0.667. The molecule has 0 radical (unpaired) electrons. The van der Waals surface area contributed by atoms with Crippen LogP contribution in [-0.2, 0) is 4.79 Å². The number of hydrogen-bond acceptors (Lipinski definition) is 1. The molecule has 1 fully saturated rings. The molecular weight excluding hydrogens is 124 g/mol. The zero-order valence-electron chi connectivity index (χ0n) is 6.68. The number of hydrogen-bond donors (Lipinski definition) is 0. The molecule has 56 valence electrons. The molecule has 1 aliphatic rings. The van der Waals surface area contributed by atoms with Crippen molar-refractivity contribution in [1.82, 2.24) is 0 Å². The van der Waals surface area contributed by atoms with Crippen molar-refractivity contribution < 1.29 is 4.79 Å². The van der Waals surface area contributed by atoms with Gasteiger partial charge in [-0.2, -0.15) is 0 Å². The molecule has 0 aliphatic heterocycles.